The molecule has 172 valence electrons. The van der Waals surface area contributed by atoms with E-state index in [9.17, 15) is 14.9 Å². The van der Waals surface area contributed by atoms with E-state index in [1.807, 2.05) is 35.2 Å². The summed E-state index contributed by atoms with van der Waals surface area (Å²) in [6, 6.07) is 17.7. The first-order valence-corrected chi connectivity index (χ1v) is 12.2. The summed E-state index contributed by atoms with van der Waals surface area (Å²) in [5, 5.41) is 15.8. The molecule has 4 aromatic rings. The summed E-state index contributed by atoms with van der Waals surface area (Å²) >= 11 is 8.06. The van der Waals surface area contributed by atoms with Crippen molar-refractivity contribution in [2.24, 2.45) is 0 Å². The van der Waals surface area contributed by atoms with Crippen molar-refractivity contribution in [2.45, 2.75) is 19.3 Å². The van der Waals surface area contributed by atoms with Gasteiger partial charge in [0.2, 0.25) is 0 Å². The second-order valence-corrected chi connectivity index (χ2v) is 9.58. The Hall–Kier alpha value is -3.49. The number of aromatic nitrogens is 1. The van der Waals surface area contributed by atoms with Crippen molar-refractivity contribution in [2.75, 3.05) is 23.3 Å². The van der Waals surface area contributed by atoms with E-state index in [0.717, 1.165) is 53.1 Å². The van der Waals surface area contributed by atoms with Gasteiger partial charge in [0.1, 0.15) is 10.7 Å². The summed E-state index contributed by atoms with van der Waals surface area (Å²) in [6.45, 7) is 1.57. The van der Waals surface area contributed by atoms with Crippen molar-refractivity contribution in [3.05, 3.63) is 81.4 Å². The number of thiazole rings is 1. The number of para-hydroxylation sites is 1. The van der Waals surface area contributed by atoms with E-state index in [1.54, 1.807) is 35.6 Å². The van der Waals surface area contributed by atoms with Crippen LogP contribution in [-0.2, 0) is 0 Å². The summed E-state index contributed by atoms with van der Waals surface area (Å²) < 4.78 is 1.07. The number of piperidine rings is 1. The SMILES string of the molecule is O=C(Nc1ccc(-c2nc3ccccc3s2)c(Cl)c1)c1ccc(N2CCCCC2)c([N+](=O)[O-])c1. The molecule has 1 aliphatic rings. The van der Waals surface area contributed by atoms with Gasteiger partial charge in [-0.15, -0.1) is 11.3 Å². The number of rotatable bonds is 5. The Kier molecular flexibility index (Phi) is 6.17. The van der Waals surface area contributed by atoms with Crippen LogP contribution in [0.5, 0.6) is 0 Å². The summed E-state index contributed by atoms with van der Waals surface area (Å²) in [7, 11) is 0. The van der Waals surface area contributed by atoms with Crippen molar-refractivity contribution in [3.8, 4) is 10.6 Å². The van der Waals surface area contributed by atoms with Gasteiger partial charge in [0.15, 0.2) is 0 Å². The molecule has 0 aliphatic carbocycles. The highest BCUT2D eigenvalue weighted by molar-refractivity contribution is 7.21. The molecule has 0 radical (unpaired) electrons. The fourth-order valence-corrected chi connectivity index (χ4v) is 5.50. The maximum absolute atomic E-state index is 12.9. The quantitative estimate of drug-likeness (QED) is 0.245. The first-order valence-electron chi connectivity index (χ1n) is 11.0. The molecule has 34 heavy (non-hydrogen) atoms. The number of hydrogen-bond acceptors (Lipinski definition) is 6. The number of nitro groups is 1. The van der Waals surface area contributed by atoms with Crippen molar-refractivity contribution in [1.29, 1.82) is 0 Å². The van der Waals surface area contributed by atoms with Gasteiger partial charge in [-0.2, -0.15) is 0 Å². The number of anilines is 2. The van der Waals surface area contributed by atoms with Gasteiger partial charge in [-0.25, -0.2) is 4.98 Å². The summed E-state index contributed by atoms with van der Waals surface area (Å²) in [6.07, 6.45) is 3.14. The van der Waals surface area contributed by atoms with Gasteiger partial charge in [-0.05, 0) is 61.7 Å². The zero-order valence-corrected chi connectivity index (χ0v) is 19.7. The molecule has 1 aliphatic heterocycles. The molecule has 9 heteroatoms. The van der Waals surface area contributed by atoms with Gasteiger partial charge >= 0.3 is 0 Å². The van der Waals surface area contributed by atoms with E-state index in [-0.39, 0.29) is 11.3 Å². The van der Waals surface area contributed by atoms with Crippen molar-refractivity contribution >= 4 is 56.1 Å². The zero-order valence-electron chi connectivity index (χ0n) is 18.2. The van der Waals surface area contributed by atoms with Crippen molar-refractivity contribution in [3.63, 3.8) is 0 Å². The molecule has 0 saturated carbocycles. The Labute approximate surface area is 205 Å². The van der Waals surface area contributed by atoms with Gasteiger partial charge in [0.25, 0.3) is 11.6 Å². The highest BCUT2D eigenvalue weighted by Gasteiger charge is 2.23. The van der Waals surface area contributed by atoms with E-state index in [4.69, 9.17) is 11.6 Å². The Bertz CT molecular complexity index is 1370. The summed E-state index contributed by atoms with van der Waals surface area (Å²) in [4.78, 5) is 30.8. The molecule has 5 rings (SSSR count). The number of nitrogens with zero attached hydrogens (tertiary/aromatic N) is 3. The largest absolute Gasteiger partial charge is 0.366 e. The standard InChI is InChI=1S/C25H21ClN4O3S/c26-19-15-17(9-10-18(19)25-28-20-6-2-3-7-23(20)34-25)27-24(31)16-8-11-21(22(14-16)30(32)33)29-12-4-1-5-13-29/h2-3,6-11,14-15H,1,4-5,12-13H2,(H,27,31). The number of amides is 1. The molecule has 7 nitrogen and oxygen atoms in total. The normalized spacial score (nSPS) is 13.7. The molecule has 0 atom stereocenters. The highest BCUT2D eigenvalue weighted by atomic mass is 35.5. The third-order valence-corrected chi connectivity index (χ3v) is 7.26. The minimum absolute atomic E-state index is 0.0567. The molecule has 0 bridgehead atoms. The second kappa shape index (κ2) is 9.40. The predicted molar refractivity (Wildman–Crippen MR) is 137 cm³/mol. The number of hydrogen-bond donors (Lipinski definition) is 1. The highest BCUT2D eigenvalue weighted by Crippen LogP contribution is 2.36. The average molecular weight is 493 g/mol. The lowest BCUT2D eigenvalue weighted by Crippen LogP contribution is -2.30. The molecule has 1 amide bonds. The summed E-state index contributed by atoms with van der Waals surface area (Å²) in [5.41, 5.74) is 2.91. The van der Waals surface area contributed by atoms with Crippen LogP contribution in [0.2, 0.25) is 5.02 Å². The maximum atomic E-state index is 12.9. The number of nitrogens with one attached hydrogen (secondary N) is 1. The van der Waals surface area contributed by atoms with Crippen LogP contribution in [0.25, 0.3) is 20.8 Å². The monoisotopic (exact) mass is 492 g/mol. The molecule has 2 heterocycles. The Morgan fingerprint density at radius 3 is 2.59 bits per heavy atom. The third-order valence-electron chi connectivity index (χ3n) is 5.88. The number of carbonyl (C=O) groups excluding carboxylic acids is 1. The lowest BCUT2D eigenvalue weighted by Gasteiger charge is -2.28. The average Bonchev–Trinajstić information content (AvgIpc) is 3.28. The van der Waals surface area contributed by atoms with Crippen molar-refractivity contribution < 1.29 is 9.72 Å². The number of nitro benzene ring substituents is 1. The van der Waals surface area contributed by atoms with E-state index < -0.39 is 10.8 Å². The Morgan fingerprint density at radius 2 is 1.85 bits per heavy atom. The van der Waals surface area contributed by atoms with Crippen LogP contribution in [0.4, 0.5) is 17.1 Å². The lowest BCUT2D eigenvalue weighted by atomic mass is 10.1. The van der Waals surface area contributed by atoms with Crippen LogP contribution in [0, 0.1) is 10.1 Å². The van der Waals surface area contributed by atoms with Crippen molar-refractivity contribution in [1.82, 2.24) is 4.98 Å². The molecule has 1 aromatic heterocycles. The molecule has 0 unspecified atom stereocenters. The smallest absolute Gasteiger partial charge is 0.293 e. The number of fused-ring (bicyclic) bond motifs is 1. The van der Waals surface area contributed by atoms with Crippen LogP contribution in [-0.4, -0.2) is 28.9 Å². The third kappa shape index (κ3) is 4.47. The van der Waals surface area contributed by atoms with E-state index >= 15 is 0 Å². The van der Waals surface area contributed by atoms with Crippen LogP contribution in [0.15, 0.2) is 60.7 Å². The number of benzene rings is 3. The fraction of sp³-hybridized carbons (Fsp3) is 0.200. The van der Waals surface area contributed by atoms with Gasteiger partial charge in [-0.1, -0.05) is 23.7 Å². The van der Waals surface area contributed by atoms with Gasteiger partial charge in [-0.3, -0.25) is 14.9 Å². The van der Waals surface area contributed by atoms with Crippen LogP contribution < -0.4 is 10.2 Å². The Morgan fingerprint density at radius 1 is 1.06 bits per heavy atom. The number of carbonyl (C=O) groups is 1. The first kappa shape index (κ1) is 22.3. The number of halogens is 1. The van der Waals surface area contributed by atoms with E-state index in [2.05, 4.69) is 10.3 Å². The Balaban J connectivity index is 1.37. The lowest BCUT2D eigenvalue weighted by molar-refractivity contribution is -0.384. The molecular formula is C25H21ClN4O3S. The minimum Gasteiger partial charge on any atom is -0.366 e. The second-order valence-electron chi connectivity index (χ2n) is 8.14. The van der Waals surface area contributed by atoms with Crippen LogP contribution in [0.1, 0.15) is 29.6 Å². The molecule has 0 spiro atoms. The topological polar surface area (TPSA) is 88.4 Å². The molecule has 1 fully saturated rings. The molecule has 3 aromatic carbocycles. The van der Waals surface area contributed by atoms with E-state index in [0.29, 0.717) is 16.4 Å². The minimum atomic E-state index is -0.433. The first-order chi connectivity index (χ1) is 16.5. The molecule has 1 saturated heterocycles. The molecular weight excluding hydrogens is 472 g/mol. The van der Waals surface area contributed by atoms with E-state index in [1.165, 1.54) is 6.07 Å². The fourth-order valence-electron chi connectivity index (χ4n) is 4.17. The van der Waals surface area contributed by atoms with Gasteiger partial charge in [0, 0.05) is 36.0 Å². The summed E-state index contributed by atoms with van der Waals surface area (Å²) in [5.74, 6) is -0.433. The molecule has 1 N–H and O–H groups in total. The maximum Gasteiger partial charge on any atom is 0.293 e. The van der Waals surface area contributed by atoms with Gasteiger partial charge in [0.05, 0.1) is 20.2 Å². The van der Waals surface area contributed by atoms with Crippen LogP contribution in [0.3, 0.4) is 0 Å². The predicted octanol–water partition coefficient (Wildman–Crippen LogP) is 6.77. The zero-order chi connectivity index (χ0) is 23.7. The van der Waals surface area contributed by atoms with Crippen LogP contribution >= 0.6 is 22.9 Å². The van der Waals surface area contributed by atoms with Gasteiger partial charge < -0.3 is 10.2 Å².